The SMILES string of the molecule is CCc1ccccc1-c1c(-c2ccccc2C)nnn1C.CN. The van der Waals surface area contributed by atoms with Gasteiger partial charge in [-0.1, -0.05) is 60.7 Å². The molecule has 0 fully saturated rings. The molecule has 3 rings (SSSR count). The van der Waals surface area contributed by atoms with Gasteiger partial charge in [-0.05, 0) is 31.5 Å². The molecular formula is C19H24N4. The van der Waals surface area contributed by atoms with E-state index in [1.54, 1.807) is 0 Å². The molecule has 0 saturated heterocycles. The molecule has 0 aliphatic heterocycles. The zero-order chi connectivity index (χ0) is 16.8. The summed E-state index contributed by atoms with van der Waals surface area (Å²) in [5, 5.41) is 8.66. The molecule has 0 aliphatic carbocycles. The van der Waals surface area contributed by atoms with E-state index in [4.69, 9.17) is 0 Å². The van der Waals surface area contributed by atoms with E-state index in [2.05, 4.69) is 72.4 Å². The number of rotatable bonds is 3. The van der Waals surface area contributed by atoms with Crippen LogP contribution < -0.4 is 5.73 Å². The first-order valence-electron chi connectivity index (χ1n) is 7.84. The Morgan fingerprint density at radius 3 is 2.22 bits per heavy atom. The van der Waals surface area contributed by atoms with Gasteiger partial charge >= 0.3 is 0 Å². The Labute approximate surface area is 138 Å². The molecule has 0 amide bonds. The van der Waals surface area contributed by atoms with Crippen molar-refractivity contribution >= 4 is 0 Å². The molecule has 4 nitrogen and oxygen atoms in total. The fourth-order valence-electron chi connectivity index (χ4n) is 2.74. The molecule has 2 N–H and O–H groups in total. The largest absolute Gasteiger partial charge is 0.333 e. The fourth-order valence-corrected chi connectivity index (χ4v) is 2.74. The van der Waals surface area contributed by atoms with Gasteiger partial charge in [0.25, 0.3) is 0 Å². The fraction of sp³-hybridized carbons (Fsp3) is 0.263. The van der Waals surface area contributed by atoms with Crippen LogP contribution in [-0.2, 0) is 13.5 Å². The predicted molar refractivity (Wildman–Crippen MR) is 96.1 cm³/mol. The van der Waals surface area contributed by atoms with Gasteiger partial charge in [0, 0.05) is 18.2 Å². The van der Waals surface area contributed by atoms with Crippen LogP contribution in [0.4, 0.5) is 0 Å². The third kappa shape index (κ3) is 3.32. The second-order valence-corrected chi connectivity index (χ2v) is 5.24. The minimum atomic E-state index is 0.955. The Kier molecular flexibility index (Phi) is 5.66. The second kappa shape index (κ2) is 7.70. The van der Waals surface area contributed by atoms with Crippen molar-refractivity contribution in [2.75, 3.05) is 7.05 Å². The van der Waals surface area contributed by atoms with Gasteiger partial charge < -0.3 is 5.73 Å². The summed E-state index contributed by atoms with van der Waals surface area (Å²) in [6.45, 7) is 4.29. The lowest BCUT2D eigenvalue weighted by Crippen LogP contribution is -1.97. The summed E-state index contributed by atoms with van der Waals surface area (Å²) in [5.74, 6) is 0. The summed E-state index contributed by atoms with van der Waals surface area (Å²) in [4.78, 5) is 0. The molecule has 0 atom stereocenters. The Bertz CT molecular complexity index is 775. The van der Waals surface area contributed by atoms with E-state index < -0.39 is 0 Å². The average molecular weight is 308 g/mol. The molecule has 0 radical (unpaired) electrons. The number of hydrogen-bond donors (Lipinski definition) is 1. The monoisotopic (exact) mass is 308 g/mol. The molecule has 4 heteroatoms. The van der Waals surface area contributed by atoms with Crippen LogP contribution in [0.3, 0.4) is 0 Å². The summed E-state index contributed by atoms with van der Waals surface area (Å²) in [7, 11) is 3.45. The van der Waals surface area contributed by atoms with E-state index in [9.17, 15) is 0 Å². The molecule has 23 heavy (non-hydrogen) atoms. The van der Waals surface area contributed by atoms with E-state index in [1.807, 2.05) is 17.8 Å². The van der Waals surface area contributed by atoms with E-state index in [0.717, 1.165) is 23.4 Å². The van der Waals surface area contributed by atoms with Crippen molar-refractivity contribution in [2.45, 2.75) is 20.3 Å². The lowest BCUT2D eigenvalue weighted by atomic mass is 9.97. The Balaban J connectivity index is 0.000000924. The van der Waals surface area contributed by atoms with Crippen molar-refractivity contribution < 1.29 is 0 Å². The van der Waals surface area contributed by atoms with Gasteiger partial charge in [0.2, 0.25) is 0 Å². The normalized spacial score (nSPS) is 10.1. The number of nitrogens with two attached hydrogens (primary N) is 1. The first-order chi connectivity index (χ1) is 11.2. The summed E-state index contributed by atoms with van der Waals surface area (Å²) >= 11 is 0. The molecule has 1 aromatic heterocycles. The lowest BCUT2D eigenvalue weighted by molar-refractivity contribution is 0.720. The van der Waals surface area contributed by atoms with Crippen molar-refractivity contribution in [3.8, 4) is 22.5 Å². The van der Waals surface area contributed by atoms with Gasteiger partial charge in [-0.15, -0.1) is 5.10 Å². The maximum Gasteiger partial charge on any atom is 0.121 e. The van der Waals surface area contributed by atoms with Crippen molar-refractivity contribution in [3.05, 3.63) is 59.7 Å². The van der Waals surface area contributed by atoms with Gasteiger partial charge in [-0.3, -0.25) is 0 Å². The molecule has 0 saturated carbocycles. The molecule has 2 aromatic carbocycles. The van der Waals surface area contributed by atoms with Crippen LogP contribution >= 0.6 is 0 Å². The highest BCUT2D eigenvalue weighted by Gasteiger charge is 2.17. The molecule has 120 valence electrons. The van der Waals surface area contributed by atoms with Gasteiger partial charge in [-0.2, -0.15) is 0 Å². The van der Waals surface area contributed by atoms with Crippen LogP contribution in [0, 0.1) is 6.92 Å². The summed E-state index contributed by atoms with van der Waals surface area (Å²) in [6, 6.07) is 16.8. The minimum Gasteiger partial charge on any atom is -0.333 e. The maximum atomic E-state index is 4.50. The first kappa shape index (κ1) is 16.9. The molecule has 0 bridgehead atoms. The highest BCUT2D eigenvalue weighted by atomic mass is 15.4. The maximum absolute atomic E-state index is 4.50. The lowest BCUT2D eigenvalue weighted by Gasteiger charge is -2.10. The molecule has 3 aromatic rings. The van der Waals surface area contributed by atoms with Gasteiger partial charge in [0.15, 0.2) is 0 Å². The number of nitrogens with zero attached hydrogens (tertiary/aromatic N) is 3. The number of hydrogen-bond acceptors (Lipinski definition) is 3. The third-order valence-electron chi connectivity index (χ3n) is 3.88. The van der Waals surface area contributed by atoms with Crippen molar-refractivity contribution in [1.82, 2.24) is 15.0 Å². The van der Waals surface area contributed by atoms with E-state index >= 15 is 0 Å². The topological polar surface area (TPSA) is 56.7 Å². The van der Waals surface area contributed by atoms with Crippen LogP contribution in [-0.4, -0.2) is 22.0 Å². The van der Waals surface area contributed by atoms with E-state index in [0.29, 0.717) is 0 Å². The molecular weight excluding hydrogens is 284 g/mol. The Hall–Kier alpha value is -2.46. The number of aromatic nitrogens is 3. The average Bonchev–Trinajstić information content (AvgIpc) is 2.98. The highest BCUT2D eigenvalue weighted by Crippen LogP contribution is 2.33. The predicted octanol–water partition coefficient (Wildman–Crippen LogP) is 3.59. The van der Waals surface area contributed by atoms with Crippen molar-refractivity contribution in [2.24, 2.45) is 12.8 Å². The van der Waals surface area contributed by atoms with Crippen LogP contribution in [0.25, 0.3) is 22.5 Å². The summed E-state index contributed by atoms with van der Waals surface area (Å²) in [6.07, 6.45) is 0.995. The quantitative estimate of drug-likeness (QED) is 0.804. The van der Waals surface area contributed by atoms with Gasteiger partial charge in [0.05, 0.1) is 5.69 Å². The smallest absolute Gasteiger partial charge is 0.121 e. The second-order valence-electron chi connectivity index (χ2n) is 5.24. The van der Waals surface area contributed by atoms with Crippen LogP contribution in [0.15, 0.2) is 48.5 Å². The Morgan fingerprint density at radius 2 is 1.57 bits per heavy atom. The molecule has 0 spiro atoms. The summed E-state index contributed by atoms with van der Waals surface area (Å²) in [5.41, 5.74) is 11.4. The van der Waals surface area contributed by atoms with Crippen LogP contribution in [0.2, 0.25) is 0 Å². The zero-order valence-electron chi connectivity index (χ0n) is 14.2. The number of aryl methyl sites for hydroxylation is 3. The standard InChI is InChI=1S/C18H19N3.CH5N/c1-4-14-10-6-8-12-16(14)18-17(19-20-21(18)3)15-11-7-5-9-13(15)2;1-2/h5-12H,4H2,1-3H3;2H2,1H3. The highest BCUT2D eigenvalue weighted by molar-refractivity contribution is 5.81. The number of benzene rings is 2. The molecule has 1 heterocycles. The molecule has 0 aliphatic rings. The third-order valence-corrected chi connectivity index (χ3v) is 3.88. The zero-order valence-corrected chi connectivity index (χ0v) is 14.2. The molecule has 0 unspecified atom stereocenters. The van der Waals surface area contributed by atoms with E-state index in [1.165, 1.54) is 23.7 Å². The van der Waals surface area contributed by atoms with Crippen molar-refractivity contribution in [3.63, 3.8) is 0 Å². The van der Waals surface area contributed by atoms with Crippen LogP contribution in [0.5, 0.6) is 0 Å². The first-order valence-corrected chi connectivity index (χ1v) is 7.84. The Morgan fingerprint density at radius 1 is 0.957 bits per heavy atom. The van der Waals surface area contributed by atoms with Crippen LogP contribution in [0.1, 0.15) is 18.1 Å². The van der Waals surface area contributed by atoms with Gasteiger partial charge in [0.1, 0.15) is 5.69 Å². The van der Waals surface area contributed by atoms with E-state index in [-0.39, 0.29) is 0 Å². The summed E-state index contributed by atoms with van der Waals surface area (Å²) < 4.78 is 1.87. The minimum absolute atomic E-state index is 0.955. The van der Waals surface area contributed by atoms with Gasteiger partial charge in [-0.25, -0.2) is 4.68 Å². The van der Waals surface area contributed by atoms with Crippen molar-refractivity contribution in [1.29, 1.82) is 0 Å².